The molecule has 2 bridgehead atoms. The average molecular weight is 304 g/mol. The molecule has 22 heavy (non-hydrogen) atoms. The lowest BCUT2D eigenvalue weighted by molar-refractivity contribution is -0.143. The van der Waals surface area contributed by atoms with E-state index in [0.717, 1.165) is 57.7 Å². The van der Waals surface area contributed by atoms with E-state index in [1.807, 2.05) is 9.80 Å². The molecule has 4 rings (SSSR count). The SMILES string of the molecule is O=C([C@@H]1CCCN(C(=O)[C@H]2C[C@H]3CC[C@H]2C3)C1)N1CCCC1. The maximum atomic E-state index is 12.9. The van der Waals surface area contributed by atoms with Crippen molar-refractivity contribution in [2.75, 3.05) is 26.2 Å². The predicted octanol–water partition coefficient (Wildman–Crippen LogP) is 2.28. The average Bonchev–Trinajstić information content (AvgIpc) is 3.30. The third-order valence-electron chi connectivity index (χ3n) is 6.56. The molecule has 122 valence electrons. The molecule has 0 unspecified atom stereocenters. The molecule has 0 aromatic carbocycles. The Labute approximate surface area is 133 Å². The number of carbonyl (C=O) groups excluding carboxylic acids is 2. The van der Waals surface area contributed by atoms with Crippen LogP contribution in [0.4, 0.5) is 0 Å². The predicted molar refractivity (Wildman–Crippen MR) is 84.1 cm³/mol. The Kier molecular flexibility index (Phi) is 3.87. The van der Waals surface area contributed by atoms with E-state index < -0.39 is 0 Å². The highest BCUT2D eigenvalue weighted by Crippen LogP contribution is 2.49. The van der Waals surface area contributed by atoms with Crippen LogP contribution >= 0.6 is 0 Å². The maximum Gasteiger partial charge on any atom is 0.227 e. The molecule has 4 nitrogen and oxygen atoms in total. The van der Waals surface area contributed by atoms with E-state index in [0.29, 0.717) is 24.3 Å². The number of hydrogen-bond acceptors (Lipinski definition) is 2. The van der Waals surface area contributed by atoms with Crippen molar-refractivity contribution in [1.82, 2.24) is 9.80 Å². The summed E-state index contributed by atoms with van der Waals surface area (Å²) in [5, 5.41) is 0. The van der Waals surface area contributed by atoms with Crippen LogP contribution in [0.5, 0.6) is 0 Å². The van der Waals surface area contributed by atoms with Crippen LogP contribution < -0.4 is 0 Å². The molecule has 4 atom stereocenters. The van der Waals surface area contributed by atoms with Crippen LogP contribution in [0.2, 0.25) is 0 Å². The van der Waals surface area contributed by atoms with Crippen molar-refractivity contribution < 1.29 is 9.59 Å². The first-order valence-corrected chi connectivity index (χ1v) is 9.30. The third kappa shape index (κ3) is 2.55. The molecule has 2 saturated carbocycles. The van der Waals surface area contributed by atoms with Crippen molar-refractivity contribution in [3.63, 3.8) is 0 Å². The van der Waals surface area contributed by atoms with Crippen LogP contribution in [-0.2, 0) is 9.59 Å². The van der Waals surface area contributed by atoms with E-state index in [4.69, 9.17) is 0 Å². The number of rotatable bonds is 2. The lowest BCUT2D eigenvalue weighted by Crippen LogP contribution is -2.48. The van der Waals surface area contributed by atoms with Gasteiger partial charge in [0.15, 0.2) is 0 Å². The largest absolute Gasteiger partial charge is 0.342 e. The quantitative estimate of drug-likeness (QED) is 0.785. The summed E-state index contributed by atoms with van der Waals surface area (Å²) in [6.45, 7) is 3.41. The van der Waals surface area contributed by atoms with Crippen LogP contribution in [0, 0.1) is 23.7 Å². The highest BCUT2D eigenvalue weighted by molar-refractivity contribution is 5.83. The fourth-order valence-corrected chi connectivity index (χ4v) is 5.36. The van der Waals surface area contributed by atoms with Gasteiger partial charge < -0.3 is 9.80 Å². The summed E-state index contributed by atoms with van der Waals surface area (Å²) in [5.74, 6) is 2.47. The van der Waals surface area contributed by atoms with Crippen molar-refractivity contribution in [2.24, 2.45) is 23.7 Å². The van der Waals surface area contributed by atoms with Gasteiger partial charge in [0, 0.05) is 32.1 Å². The Balaban J connectivity index is 1.38. The van der Waals surface area contributed by atoms with Gasteiger partial charge in [-0.3, -0.25) is 9.59 Å². The number of amides is 2. The molecular weight excluding hydrogens is 276 g/mol. The maximum absolute atomic E-state index is 12.9. The van der Waals surface area contributed by atoms with Crippen molar-refractivity contribution in [3.8, 4) is 0 Å². The summed E-state index contributed by atoms with van der Waals surface area (Å²) in [7, 11) is 0. The third-order valence-corrected chi connectivity index (χ3v) is 6.56. The number of carbonyl (C=O) groups is 2. The van der Waals surface area contributed by atoms with Gasteiger partial charge in [-0.05, 0) is 56.8 Å². The van der Waals surface area contributed by atoms with Crippen molar-refractivity contribution >= 4 is 11.8 Å². The number of hydrogen-bond donors (Lipinski definition) is 0. The molecule has 0 aromatic rings. The Morgan fingerprint density at radius 2 is 1.55 bits per heavy atom. The molecule has 2 saturated heterocycles. The fourth-order valence-electron chi connectivity index (χ4n) is 5.36. The minimum absolute atomic E-state index is 0.0643. The molecule has 2 heterocycles. The van der Waals surface area contributed by atoms with Crippen molar-refractivity contribution in [2.45, 2.75) is 51.4 Å². The lowest BCUT2D eigenvalue weighted by atomic mass is 9.86. The van der Waals surface area contributed by atoms with Crippen molar-refractivity contribution in [1.29, 1.82) is 0 Å². The number of fused-ring (bicyclic) bond motifs is 2. The Morgan fingerprint density at radius 1 is 0.773 bits per heavy atom. The molecule has 0 radical (unpaired) electrons. The highest BCUT2D eigenvalue weighted by atomic mass is 16.2. The molecule has 4 heteroatoms. The molecule has 2 aliphatic heterocycles. The van der Waals surface area contributed by atoms with Crippen LogP contribution in [0.3, 0.4) is 0 Å². The number of likely N-dealkylation sites (tertiary alicyclic amines) is 2. The van der Waals surface area contributed by atoms with Gasteiger partial charge in [-0.25, -0.2) is 0 Å². The highest BCUT2D eigenvalue weighted by Gasteiger charge is 2.45. The summed E-state index contributed by atoms with van der Waals surface area (Å²) < 4.78 is 0. The van der Waals surface area contributed by atoms with E-state index in [9.17, 15) is 9.59 Å². The molecule has 0 N–H and O–H groups in total. The van der Waals surface area contributed by atoms with Crippen LogP contribution in [0.15, 0.2) is 0 Å². The first-order chi connectivity index (χ1) is 10.7. The van der Waals surface area contributed by atoms with Gasteiger partial charge in [0.25, 0.3) is 0 Å². The zero-order valence-electron chi connectivity index (χ0n) is 13.5. The zero-order chi connectivity index (χ0) is 15.1. The number of piperidine rings is 1. The monoisotopic (exact) mass is 304 g/mol. The molecule has 2 aliphatic carbocycles. The minimum atomic E-state index is 0.0643. The molecule has 0 spiro atoms. The van der Waals surface area contributed by atoms with E-state index in [2.05, 4.69) is 0 Å². The molecule has 4 aliphatic rings. The van der Waals surface area contributed by atoms with Crippen LogP contribution in [-0.4, -0.2) is 47.8 Å². The van der Waals surface area contributed by atoms with Gasteiger partial charge in [-0.15, -0.1) is 0 Å². The Morgan fingerprint density at radius 3 is 2.23 bits per heavy atom. The molecule has 0 aromatic heterocycles. The fraction of sp³-hybridized carbons (Fsp3) is 0.889. The van der Waals surface area contributed by atoms with E-state index >= 15 is 0 Å². The molecule has 4 fully saturated rings. The second kappa shape index (κ2) is 5.86. The summed E-state index contributed by atoms with van der Waals surface area (Å²) in [6, 6.07) is 0. The van der Waals surface area contributed by atoms with Gasteiger partial charge in [-0.1, -0.05) is 6.42 Å². The summed E-state index contributed by atoms with van der Waals surface area (Å²) in [6.07, 6.45) is 9.24. The van der Waals surface area contributed by atoms with Crippen molar-refractivity contribution in [3.05, 3.63) is 0 Å². The minimum Gasteiger partial charge on any atom is -0.342 e. The second-order valence-electron chi connectivity index (χ2n) is 7.94. The first kappa shape index (κ1) is 14.5. The smallest absolute Gasteiger partial charge is 0.227 e. The first-order valence-electron chi connectivity index (χ1n) is 9.30. The van der Waals surface area contributed by atoms with Gasteiger partial charge in [-0.2, -0.15) is 0 Å². The van der Waals surface area contributed by atoms with Gasteiger partial charge in [0.2, 0.25) is 11.8 Å². The summed E-state index contributed by atoms with van der Waals surface area (Å²) in [5.41, 5.74) is 0. The summed E-state index contributed by atoms with van der Waals surface area (Å²) >= 11 is 0. The zero-order valence-corrected chi connectivity index (χ0v) is 13.5. The van der Waals surface area contributed by atoms with Gasteiger partial charge in [0.1, 0.15) is 0 Å². The topological polar surface area (TPSA) is 40.6 Å². The molecular formula is C18H28N2O2. The van der Waals surface area contributed by atoms with E-state index in [1.54, 1.807) is 0 Å². The standard InChI is InChI=1S/C18H28N2O2/c21-17(19-7-1-2-8-19)15-4-3-9-20(12-15)18(22)16-11-13-5-6-14(16)10-13/h13-16H,1-12H2/t13-,14-,15+,16-/m0/s1. The summed E-state index contributed by atoms with van der Waals surface area (Å²) in [4.78, 5) is 29.5. The van der Waals surface area contributed by atoms with Crippen LogP contribution in [0.25, 0.3) is 0 Å². The van der Waals surface area contributed by atoms with Gasteiger partial charge >= 0.3 is 0 Å². The van der Waals surface area contributed by atoms with E-state index in [-0.39, 0.29) is 11.8 Å². The lowest BCUT2D eigenvalue weighted by Gasteiger charge is -2.36. The number of nitrogens with zero attached hydrogens (tertiary/aromatic N) is 2. The Hall–Kier alpha value is -1.06. The van der Waals surface area contributed by atoms with Crippen LogP contribution in [0.1, 0.15) is 51.4 Å². The molecule has 2 amide bonds. The second-order valence-corrected chi connectivity index (χ2v) is 7.94. The normalized spacial score (nSPS) is 37.8. The van der Waals surface area contributed by atoms with E-state index in [1.165, 1.54) is 19.3 Å². The Bertz CT molecular complexity index is 458. The van der Waals surface area contributed by atoms with Gasteiger partial charge in [0.05, 0.1) is 5.92 Å².